The quantitative estimate of drug-likeness (QED) is 0.780. The maximum Gasteiger partial charge on any atom is 0.255 e. The van der Waals surface area contributed by atoms with Gasteiger partial charge in [-0.2, -0.15) is 0 Å². The monoisotopic (exact) mass is 335 g/mol. The van der Waals surface area contributed by atoms with Crippen molar-refractivity contribution in [1.82, 2.24) is 10.2 Å². The predicted molar refractivity (Wildman–Crippen MR) is 91.5 cm³/mol. The summed E-state index contributed by atoms with van der Waals surface area (Å²) in [5, 5.41) is 5.65. The van der Waals surface area contributed by atoms with Crippen LogP contribution in [-0.2, 0) is 9.53 Å². The second-order valence-electron chi connectivity index (χ2n) is 5.53. The van der Waals surface area contributed by atoms with Crippen molar-refractivity contribution in [2.45, 2.75) is 13.3 Å². The molecule has 2 rings (SSSR count). The standard InChI is InChI=1S/C17H25N3O4/c1-3-16(21)19-13-4-5-14(15(12-13)23-2)17(22)18-6-7-20-8-10-24-11-9-20/h4-5,12H,3,6-11H2,1-2H3,(H,18,22)(H,19,21). The third kappa shape index (κ3) is 5.21. The zero-order chi connectivity index (χ0) is 17.4. The number of nitrogens with zero attached hydrogens (tertiary/aromatic N) is 1. The van der Waals surface area contributed by atoms with Crippen molar-refractivity contribution >= 4 is 17.5 Å². The lowest BCUT2D eigenvalue weighted by Gasteiger charge is -2.26. The summed E-state index contributed by atoms with van der Waals surface area (Å²) in [5.74, 6) is 0.168. The van der Waals surface area contributed by atoms with Gasteiger partial charge in [-0.25, -0.2) is 0 Å². The van der Waals surface area contributed by atoms with Gasteiger partial charge in [0.05, 0.1) is 25.9 Å². The molecule has 24 heavy (non-hydrogen) atoms. The summed E-state index contributed by atoms with van der Waals surface area (Å²) in [4.78, 5) is 26.0. The van der Waals surface area contributed by atoms with Gasteiger partial charge in [-0.15, -0.1) is 0 Å². The largest absolute Gasteiger partial charge is 0.496 e. The molecular formula is C17H25N3O4. The molecule has 2 amide bonds. The third-order valence-corrected chi connectivity index (χ3v) is 3.87. The van der Waals surface area contributed by atoms with Gasteiger partial charge >= 0.3 is 0 Å². The molecule has 1 aromatic rings. The minimum atomic E-state index is -0.187. The van der Waals surface area contributed by atoms with E-state index in [2.05, 4.69) is 15.5 Å². The van der Waals surface area contributed by atoms with E-state index in [0.717, 1.165) is 32.8 Å². The van der Waals surface area contributed by atoms with E-state index in [1.807, 2.05) is 0 Å². The summed E-state index contributed by atoms with van der Waals surface area (Å²) in [7, 11) is 1.51. The number of benzene rings is 1. The van der Waals surface area contributed by atoms with E-state index in [-0.39, 0.29) is 11.8 Å². The van der Waals surface area contributed by atoms with Crippen LogP contribution in [-0.4, -0.2) is 63.2 Å². The van der Waals surface area contributed by atoms with E-state index in [1.165, 1.54) is 7.11 Å². The molecule has 7 heteroatoms. The number of rotatable bonds is 7. The highest BCUT2D eigenvalue weighted by Crippen LogP contribution is 2.23. The molecule has 7 nitrogen and oxygen atoms in total. The average Bonchev–Trinajstić information content (AvgIpc) is 2.62. The SMILES string of the molecule is CCC(=O)Nc1ccc(C(=O)NCCN2CCOCC2)c(OC)c1. The Hall–Kier alpha value is -2.12. The number of ether oxygens (including phenoxy) is 2. The smallest absolute Gasteiger partial charge is 0.255 e. The van der Waals surface area contributed by atoms with Gasteiger partial charge < -0.3 is 20.1 Å². The van der Waals surface area contributed by atoms with Crippen LogP contribution in [0.5, 0.6) is 5.75 Å². The number of morpholine rings is 1. The Morgan fingerprint density at radius 2 is 2.04 bits per heavy atom. The second-order valence-corrected chi connectivity index (χ2v) is 5.53. The van der Waals surface area contributed by atoms with Crippen molar-refractivity contribution in [3.8, 4) is 5.75 Å². The van der Waals surface area contributed by atoms with Crippen molar-refractivity contribution < 1.29 is 19.1 Å². The van der Waals surface area contributed by atoms with Gasteiger partial charge in [0.1, 0.15) is 5.75 Å². The van der Waals surface area contributed by atoms with E-state index < -0.39 is 0 Å². The van der Waals surface area contributed by atoms with Gasteiger partial charge in [-0.1, -0.05) is 6.92 Å². The highest BCUT2D eigenvalue weighted by molar-refractivity contribution is 5.98. The predicted octanol–water partition coefficient (Wildman–Crippen LogP) is 1.11. The first-order valence-corrected chi connectivity index (χ1v) is 8.20. The van der Waals surface area contributed by atoms with Crippen LogP contribution in [0.15, 0.2) is 18.2 Å². The van der Waals surface area contributed by atoms with Crippen LogP contribution in [0.1, 0.15) is 23.7 Å². The Kier molecular flexibility index (Phi) is 7.02. The Morgan fingerprint density at radius 1 is 1.29 bits per heavy atom. The molecule has 0 unspecified atom stereocenters. The molecule has 0 aromatic heterocycles. The number of carbonyl (C=O) groups is 2. The molecule has 132 valence electrons. The van der Waals surface area contributed by atoms with Crippen LogP contribution >= 0.6 is 0 Å². The maximum absolute atomic E-state index is 12.3. The Morgan fingerprint density at radius 3 is 2.71 bits per heavy atom. The van der Waals surface area contributed by atoms with E-state index in [9.17, 15) is 9.59 Å². The van der Waals surface area contributed by atoms with Crippen LogP contribution in [0.2, 0.25) is 0 Å². The number of amides is 2. The summed E-state index contributed by atoms with van der Waals surface area (Å²) in [6.45, 7) is 6.41. The van der Waals surface area contributed by atoms with Gasteiger partial charge in [-0.05, 0) is 12.1 Å². The zero-order valence-electron chi connectivity index (χ0n) is 14.3. The van der Waals surface area contributed by atoms with Crippen molar-refractivity contribution in [1.29, 1.82) is 0 Å². The molecule has 1 aromatic carbocycles. The first-order valence-electron chi connectivity index (χ1n) is 8.20. The Balaban J connectivity index is 1.91. The molecule has 0 spiro atoms. The van der Waals surface area contributed by atoms with Crippen LogP contribution in [0.25, 0.3) is 0 Å². The van der Waals surface area contributed by atoms with Gasteiger partial charge in [0.15, 0.2) is 0 Å². The molecule has 1 fully saturated rings. The molecule has 1 heterocycles. The molecular weight excluding hydrogens is 310 g/mol. The molecule has 0 atom stereocenters. The third-order valence-electron chi connectivity index (χ3n) is 3.87. The van der Waals surface area contributed by atoms with Gasteiger partial charge in [0.2, 0.25) is 5.91 Å². The second kappa shape index (κ2) is 9.24. The summed E-state index contributed by atoms with van der Waals surface area (Å²) in [6, 6.07) is 5.02. The van der Waals surface area contributed by atoms with Crippen LogP contribution in [0, 0.1) is 0 Å². The average molecular weight is 335 g/mol. The van der Waals surface area contributed by atoms with E-state index in [1.54, 1.807) is 25.1 Å². The minimum absolute atomic E-state index is 0.0836. The molecule has 0 radical (unpaired) electrons. The Labute approximate surface area is 142 Å². The first-order chi connectivity index (χ1) is 11.6. The minimum Gasteiger partial charge on any atom is -0.496 e. The summed E-state index contributed by atoms with van der Waals surface area (Å²) in [6.07, 6.45) is 0.395. The number of hydrogen-bond donors (Lipinski definition) is 2. The highest BCUT2D eigenvalue weighted by atomic mass is 16.5. The summed E-state index contributed by atoms with van der Waals surface area (Å²) in [5.41, 5.74) is 1.07. The van der Waals surface area contributed by atoms with Gasteiger partial charge in [0.25, 0.3) is 5.91 Å². The number of hydrogen-bond acceptors (Lipinski definition) is 5. The number of nitrogens with one attached hydrogen (secondary N) is 2. The van der Waals surface area contributed by atoms with Crippen molar-refractivity contribution in [3.05, 3.63) is 23.8 Å². The fourth-order valence-corrected chi connectivity index (χ4v) is 2.45. The van der Waals surface area contributed by atoms with E-state index in [4.69, 9.17) is 9.47 Å². The molecule has 1 saturated heterocycles. The topological polar surface area (TPSA) is 79.9 Å². The highest BCUT2D eigenvalue weighted by Gasteiger charge is 2.15. The Bertz CT molecular complexity index is 571. The molecule has 1 aliphatic heterocycles. The normalized spacial score (nSPS) is 14.9. The van der Waals surface area contributed by atoms with Crippen LogP contribution in [0.4, 0.5) is 5.69 Å². The van der Waals surface area contributed by atoms with Gasteiger partial charge in [0, 0.05) is 44.4 Å². The number of carbonyl (C=O) groups excluding carboxylic acids is 2. The van der Waals surface area contributed by atoms with Crippen molar-refractivity contribution in [2.24, 2.45) is 0 Å². The number of anilines is 1. The molecule has 0 aliphatic carbocycles. The van der Waals surface area contributed by atoms with E-state index >= 15 is 0 Å². The van der Waals surface area contributed by atoms with Crippen molar-refractivity contribution in [2.75, 3.05) is 51.8 Å². The molecule has 0 saturated carbocycles. The lowest BCUT2D eigenvalue weighted by molar-refractivity contribution is -0.115. The molecule has 2 N–H and O–H groups in total. The maximum atomic E-state index is 12.3. The van der Waals surface area contributed by atoms with Crippen LogP contribution < -0.4 is 15.4 Å². The van der Waals surface area contributed by atoms with Crippen LogP contribution in [0.3, 0.4) is 0 Å². The lowest BCUT2D eigenvalue weighted by Crippen LogP contribution is -2.41. The fraction of sp³-hybridized carbons (Fsp3) is 0.529. The molecule has 0 bridgehead atoms. The fourth-order valence-electron chi connectivity index (χ4n) is 2.45. The first kappa shape index (κ1) is 18.2. The summed E-state index contributed by atoms with van der Waals surface area (Å²) < 4.78 is 10.6. The molecule has 1 aliphatic rings. The van der Waals surface area contributed by atoms with E-state index in [0.29, 0.717) is 30.0 Å². The van der Waals surface area contributed by atoms with Crippen molar-refractivity contribution in [3.63, 3.8) is 0 Å². The van der Waals surface area contributed by atoms with Gasteiger partial charge in [-0.3, -0.25) is 14.5 Å². The summed E-state index contributed by atoms with van der Waals surface area (Å²) >= 11 is 0. The zero-order valence-corrected chi connectivity index (χ0v) is 14.3. The number of methoxy groups -OCH3 is 1. The lowest BCUT2D eigenvalue weighted by atomic mass is 10.1.